The number of benzene rings is 1. The van der Waals surface area contributed by atoms with Gasteiger partial charge in [-0.15, -0.1) is 0 Å². The van der Waals surface area contributed by atoms with E-state index in [1.807, 2.05) is 6.92 Å². The molecule has 3 aromatic rings. The summed E-state index contributed by atoms with van der Waals surface area (Å²) in [5, 5.41) is 20.6. The van der Waals surface area contributed by atoms with E-state index in [2.05, 4.69) is 20.5 Å². The van der Waals surface area contributed by atoms with E-state index in [0.29, 0.717) is 16.8 Å². The summed E-state index contributed by atoms with van der Waals surface area (Å²) in [7, 11) is 0. The first-order valence-corrected chi connectivity index (χ1v) is 7.51. The molecule has 0 spiro atoms. The molecular formula is C17H17FN4O2. The fourth-order valence-electron chi connectivity index (χ4n) is 2.46. The van der Waals surface area contributed by atoms with Crippen LogP contribution in [0.5, 0.6) is 0 Å². The molecule has 0 saturated heterocycles. The van der Waals surface area contributed by atoms with Crippen LogP contribution >= 0.6 is 0 Å². The number of halogens is 1. The van der Waals surface area contributed by atoms with Crippen LogP contribution in [-0.2, 0) is 0 Å². The number of aliphatic hydroxyl groups excluding tert-OH is 1. The van der Waals surface area contributed by atoms with Gasteiger partial charge in [0.1, 0.15) is 5.82 Å². The highest BCUT2D eigenvalue weighted by atomic mass is 19.1. The third-order valence-corrected chi connectivity index (χ3v) is 3.91. The first-order chi connectivity index (χ1) is 11.5. The number of aromatic amines is 1. The van der Waals surface area contributed by atoms with Crippen LogP contribution in [0.15, 0.2) is 36.5 Å². The van der Waals surface area contributed by atoms with Gasteiger partial charge in [-0.2, -0.15) is 5.10 Å². The van der Waals surface area contributed by atoms with E-state index < -0.39 is 12.1 Å². The van der Waals surface area contributed by atoms with Crippen molar-refractivity contribution in [3.05, 3.63) is 59.2 Å². The van der Waals surface area contributed by atoms with Crippen molar-refractivity contribution in [1.82, 2.24) is 20.5 Å². The highest BCUT2D eigenvalue weighted by Crippen LogP contribution is 2.18. The Labute approximate surface area is 137 Å². The van der Waals surface area contributed by atoms with Gasteiger partial charge in [0.05, 0.1) is 17.7 Å². The predicted molar refractivity (Wildman–Crippen MR) is 86.9 cm³/mol. The van der Waals surface area contributed by atoms with Gasteiger partial charge in [0, 0.05) is 17.3 Å². The van der Waals surface area contributed by atoms with Gasteiger partial charge in [-0.1, -0.05) is 12.1 Å². The zero-order valence-corrected chi connectivity index (χ0v) is 13.2. The number of nitrogens with one attached hydrogen (secondary N) is 2. The molecule has 0 aliphatic carbocycles. The van der Waals surface area contributed by atoms with Crippen LogP contribution in [0.1, 0.15) is 34.6 Å². The van der Waals surface area contributed by atoms with Gasteiger partial charge >= 0.3 is 0 Å². The maximum Gasteiger partial charge on any atom is 0.253 e. The number of hydrogen-bond donors (Lipinski definition) is 3. The Morgan fingerprint density at radius 3 is 2.75 bits per heavy atom. The predicted octanol–water partition coefficient (Wildman–Crippen LogP) is 2.26. The van der Waals surface area contributed by atoms with Crippen molar-refractivity contribution in [2.75, 3.05) is 0 Å². The number of hydrogen-bond acceptors (Lipinski definition) is 4. The first kappa shape index (κ1) is 16.1. The number of carbonyl (C=O) groups is 1. The number of aromatic nitrogens is 3. The highest BCUT2D eigenvalue weighted by Gasteiger charge is 2.20. The summed E-state index contributed by atoms with van der Waals surface area (Å²) in [4.78, 5) is 16.5. The zero-order valence-electron chi connectivity index (χ0n) is 13.2. The van der Waals surface area contributed by atoms with Gasteiger partial charge in [-0.3, -0.25) is 9.89 Å². The van der Waals surface area contributed by atoms with Crippen LogP contribution in [0, 0.1) is 12.7 Å². The molecule has 2 atom stereocenters. The molecule has 0 radical (unpaired) electrons. The second kappa shape index (κ2) is 6.37. The van der Waals surface area contributed by atoms with Gasteiger partial charge in [-0.25, -0.2) is 9.37 Å². The molecule has 0 aliphatic rings. The Morgan fingerprint density at radius 2 is 2.04 bits per heavy atom. The third kappa shape index (κ3) is 3.11. The number of H-pyrrole nitrogens is 1. The Balaban J connectivity index is 1.74. The van der Waals surface area contributed by atoms with Crippen LogP contribution in [0.3, 0.4) is 0 Å². The Kier molecular flexibility index (Phi) is 4.26. The molecule has 0 saturated carbocycles. The highest BCUT2D eigenvalue weighted by molar-refractivity contribution is 5.97. The lowest BCUT2D eigenvalue weighted by molar-refractivity contribution is 0.0851. The number of aliphatic hydroxyl groups is 1. The summed E-state index contributed by atoms with van der Waals surface area (Å²) in [5.41, 5.74) is 2.28. The Hall–Kier alpha value is -2.80. The van der Waals surface area contributed by atoms with E-state index in [1.54, 1.807) is 13.0 Å². The molecule has 124 valence electrons. The van der Waals surface area contributed by atoms with E-state index in [-0.39, 0.29) is 11.7 Å². The Bertz CT molecular complexity index is 876. The number of nitrogens with zero attached hydrogens (tertiary/aromatic N) is 2. The van der Waals surface area contributed by atoms with Crippen molar-refractivity contribution in [3.63, 3.8) is 0 Å². The standard InChI is InChI=1S/C17H17FN4O2/c1-9-14-7-12(8-19-16(14)22-21-9)17(24)20-10(2)15(23)11-3-5-13(18)6-4-11/h3-8,10,15,23H,1-2H3,(H,20,24)(H,19,21,22). The molecule has 1 amide bonds. The molecular weight excluding hydrogens is 311 g/mol. The van der Waals surface area contributed by atoms with Crippen molar-refractivity contribution in [3.8, 4) is 0 Å². The van der Waals surface area contributed by atoms with Crippen molar-refractivity contribution < 1.29 is 14.3 Å². The molecule has 6 nitrogen and oxygen atoms in total. The summed E-state index contributed by atoms with van der Waals surface area (Å²) in [6, 6.07) is 6.67. The monoisotopic (exact) mass is 328 g/mol. The average Bonchev–Trinajstić information content (AvgIpc) is 2.95. The van der Waals surface area contributed by atoms with Crippen molar-refractivity contribution >= 4 is 16.9 Å². The summed E-state index contributed by atoms with van der Waals surface area (Å²) in [5.74, 6) is -0.726. The molecule has 2 heterocycles. The van der Waals surface area contributed by atoms with Crippen LogP contribution in [0.25, 0.3) is 11.0 Å². The van der Waals surface area contributed by atoms with Crippen LogP contribution < -0.4 is 5.32 Å². The fourth-order valence-corrected chi connectivity index (χ4v) is 2.46. The molecule has 0 aliphatic heterocycles. The lowest BCUT2D eigenvalue weighted by Gasteiger charge is -2.20. The molecule has 1 aromatic carbocycles. The Morgan fingerprint density at radius 1 is 1.33 bits per heavy atom. The fraction of sp³-hybridized carbons (Fsp3) is 0.235. The van der Waals surface area contributed by atoms with Crippen LogP contribution in [0.2, 0.25) is 0 Å². The minimum Gasteiger partial charge on any atom is -0.386 e. The number of pyridine rings is 1. The van der Waals surface area contributed by atoms with Crippen molar-refractivity contribution in [1.29, 1.82) is 0 Å². The average molecular weight is 328 g/mol. The van der Waals surface area contributed by atoms with Gasteiger partial charge in [0.15, 0.2) is 5.65 Å². The number of fused-ring (bicyclic) bond motifs is 1. The van der Waals surface area contributed by atoms with Gasteiger partial charge < -0.3 is 10.4 Å². The summed E-state index contributed by atoms with van der Waals surface area (Å²) < 4.78 is 13.0. The quantitative estimate of drug-likeness (QED) is 0.685. The molecule has 24 heavy (non-hydrogen) atoms. The molecule has 0 bridgehead atoms. The first-order valence-electron chi connectivity index (χ1n) is 7.51. The summed E-state index contributed by atoms with van der Waals surface area (Å²) in [6.07, 6.45) is 0.497. The van der Waals surface area contributed by atoms with E-state index in [0.717, 1.165) is 11.1 Å². The second-order valence-corrected chi connectivity index (χ2v) is 5.70. The van der Waals surface area contributed by atoms with Gasteiger partial charge in [-0.05, 0) is 37.6 Å². The van der Waals surface area contributed by atoms with Crippen LogP contribution in [0.4, 0.5) is 4.39 Å². The second-order valence-electron chi connectivity index (χ2n) is 5.70. The van der Waals surface area contributed by atoms with E-state index in [9.17, 15) is 14.3 Å². The largest absolute Gasteiger partial charge is 0.386 e. The molecule has 3 N–H and O–H groups in total. The van der Waals surface area contributed by atoms with E-state index in [1.165, 1.54) is 30.5 Å². The van der Waals surface area contributed by atoms with Gasteiger partial charge in [0.25, 0.3) is 5.91 Å². The topological polar surface area (TPSA) is 90.9 Å². The minimum absolute atomic E-state index is 0.348. The van der Waals surface area contributed by atoms with Gasteiger partial charge in [0.2, 0.25) is 0 Å². The number of rotatable bonds is 4. The minimum atomic E-state index is -0.943. The number of carbonyl (C=O) groups excluding carboxylic acids is 1. The van der Waals surface area contributed by atoms with E-state index in [4.69, 9.17) is 0 Å². The summed E-state index contributed by atoms with van der Waals surface area (Å²) >= 11 is 0. The zero-order chi connectivity index (χ0) is 17.3. The summed E-state index contributed by atoms with van der Waals surface area (Å²) in [6.45, 7) is 3.53. The number of aryl methyl sites for hydroxylation is 1. The smallest absolute Gasteiger partial charge is 0.253 e. The lowest BCUT2D eigenvalue weighted by Crippen LogP contribution is -2.37. The van der Waals surface area contributed by atoms with Crippen molar-refractivity contribution in [2.24, 2.45) is 0 Å². The molecule has 7 heteroatoms. The molecule has 0 fully saturated rings. The molecule has 2 unspecified atom stereocenters. The lowest BCUT2D eigenvalue weighted by atomic mass is 10.0. The molecule has 3 rings (SSSR count). The maximum atomic E-state index is 13.0. The van der Waals surface area contributed by atoms with E-state index >= 15 is 0 Å². The van der Waals surface area contributed by atoms with Crippen molar-refractivity contribution in [2.45, 2.75) is 26.0 Å². The molecule has 2 aromatic heterocycles. The SMILES string of the molecule is Cc1[nH]nc2ncc(C(=O)NC(C)C(O)c3ccc(F)cc3)cc12. The normalized spacial score (nSPS) is 13.7. The maximum absolute atomic E-state index is 13.0. The van der Waals surface area contributed by atoms with Crippen LogP contribution in [-0.4, -0.2) is 32.2 Å². The third-order valence-electron chi connectivity index (χ3n) is 3.91. The number of amides is 1.